The Bertz CT molecular complexity index is 1030. The van der Waals surface area contributed by atoms with Crippen molar-refractivity contribution in [1.82, 2.24) is 9.47 Å². The maximum Gasteiger partial charge on any atom is 0.511 e. The number of nitrogens with zero attached hydrogens (tertiary/aromatic N) is 4. The fourth-order valence-electron chi connectivity index (χ4n) is 3.64. The van der Waals surface area contributed by atoms with Crippen molar-refractivity contribution in [3.63, 3.8) is 0 Å². The number of nitriles is 1. The Morgan fingerprint density at radius 3 is 2.61 bits per heavy atom. The molecule has 8 nitrogen and oxygen atoms in total. The number of ether oxygens (including phenoxy) is 1. The summed E-state index contributed by atoms with van der Waals surface area (Å²) >= 11 is 0. The van der Waals surface area contributed by atoms with Crippen LogP contribution in [0.1, 0.15) is 18.9 Å². The molecule has 2 aromatic rings. The standard InChI is InChI=1S/C19H19FN4O4/c20-14-9-13-15(10-16(14)23-7-5-22(4-3-21)6-8-23)24(12-1-2-12)11-17(18(13)25)28-19(26)27/h9-12H,1-2,4-8H2,(H,26,27). The molecule has 1 aliphatic heterocycles. The predicted octanol–water partition coefficient (Wildman–Crippen LogP) is 2.18. The quantitative estimate of drug-likeness (QED) is 0.635. The molecule has 1 aromatic heterocycles. The number of benzene rings is 1. The Hall–Kier alpha value is -3.12. The zero-order valence-corrected chi connectivity index (χ0v) is 15.1. The van der Waals surface area contributed by atoms with Gasteiger partial charge in [-0.15, -0.1) is 0 Å². The van der Waals surface area contributed by atoms with E-state index in [0.29, 0.717) is 43.9 Å². The van der Waals surface area contributed by atoms with Crippen LogP contribution in [0.2, 0.25) is 0 Å². The van der Waals surface area contributed by atoms with Gasteiger partial charge in [0.25, 0.3) is 0 Å². The first-order valence-electron chi connectivity index (χ1n) is 9.11. The summed E-state index contributed by atoms with van der Waals surface area (Å²) in [6, 6.07) is 5.10. The molecule has 146 valence electrons. The number of fused-ring (bicyclic) bond motifs is 1. The van der Waals surface area contributed by atoms with Crippen molar-refractivity contribution in [1.29, 1.82) is 5.26 Å². The fraction of sp³-hybridized carbons (Fsp3) is 0.421. The number of hydrogen-bond acceptors (Lipinski definition) is 6. The molecular weight excluding hydrogens is 367 g/mol. The van der Waals surface area contributed by atoms with Crippen LogP contribution in [-0.4, -0.2) is 53.5 Å². The number of hydrogen-bond donors (Lipinski definition) is 1. The van der Waals surface area contributed by atoms with Crippen LogP contribution in [0.15, 0.2) is 23.1 Å². The van der Waals surface area contributed by atoms with E-state index in [1.807, 2.05) is 14.4 Å². The van der Waals surface area contributed by atoms with Crippen LogP contribution < -0.4 is 15.1 Å². The molecule has 0 radical (unpaired) electrons. The molecule has 2 heterocycles. The molecule has 0 unspecified atom stereocenters. The summed E-state index contributed by atoms with van der Waals surface area (Å²) in [7, 11) is 0. The molecule has 2 fully saturated rings. The van der Waals surface area contributed by atoms with E-state index in [1.54, 1.807) is 6.07 Å². The molecule has 0 bridgehead atoms. The maximum absolute atomic E-state index is 14.9. The molecule has 2 aliphatic rings. The SMILES string of the molecule is N#CCN1CCN(c2cc3c(cc2F)c(=O)c(OC(=O)O)cn3C2CC2)CC1. The topological polar surface area (TPSA) is 98.8 Å². The number of rotatable bonds is 4. The molecule has 1 saturated carbocycles. The summed E-state index contributed by atoms with van der Waals surface area (Å²) in [5.41, 5.74) is 0.337. The highest BCUT2D eigenvalue weighted by Gasteiger charge is 2.28. The van der Waals surface area contributed by atoms with Crippen molar-refractivity contribution < 1.29 is 19.0 Å². The zero-order valence-electron chi connectivity index (χ0n) is 15.1. The van der Waals surface area contributed by atoms with Crippen LogP contribution in [0.3, 0.4) is 0 Å². The van der Waals surface area contributed by atoms with E-state index in [-0.39, 0.29) is 17.2 Å². The van der Waals surface area contributed by atoms with Gasteiger partial charge in [-0.3, -0.25) is 9.69 Å². The van der Waals surface area contributed by atoms with Crippen LogP contribution in [-0.2, 0) is 0 Å². The summed E-state index contributed by atoms with van der Waals surface area (Å²) in [6.45, 7) is 2.83. The Morgan fingerprint density at radius 1 is 1.29 bits per heavy atom. The van der Waals surface area contributed by atoms with Crippen molar-refractivity contribution >= 4 is 22.7 Å². The van der Waals surface area contributed by atoms with Crippen molar-refractivity contribution in [3.8, 4) is 11.8 Å². The molecule has 1 N–H and O–H groups in total. The molecular formula is C19H19FN4O4. The first-order valence-corrected chi connectivity index (χ1v) is 9.11. The maximum atomic E-state index is 14.9. The van der Waals surface area contributed by atoms with Crippen LogP contribution in [0, 0.1) is 17.1 Å². The van der Waals surface area contributed by atoms with Gasteiger partial charge in [-0.25, -0.2) is 9.18 Å². The molecule has 0 spiro atoms. The van der Waals surface area contributed by atoms with Crippen LogP contribution in [0.5, 0.6) is 5.75 Å². The van der Waals surface area contributed by atoms with Crippen LogP contribution >= 0.6 is 0 Å². The summed E-state index contributed by atoms with van der Waals surface area (Å²) < 4.78 is 21.3. The van der Waals surface area contributed by atoms with Gasteiger partial charge >= 0.3 is 6.16 Å². The zero-order chi connectivity index (χ0) is 19.8. The Labute approximate surface area is 159 Å². The highest BCUT2D eigenvalue weighted by Crippen LogP contribution is 2.39. The van der Waals surface area contributed by atoms with E-state index < -0.39 is 17.4 Å². The number of carbonyl (C=O) groups is 1. The van der Waals surface area contributed by atoms with E-state index in [0.717, 1.165) is 12.8 Å². The minimum Gasteiger partial charge on any atom is -0.449 e. The summed E-state index contributed by atoms with van der Waals surface area (Å²) in [6.07, 6.45) is 1.64. The third-order valence-corrected chi connectivity index (χ3v) is 5.21. The highest BCUT2D eigenvalue weighted by molar-refractivity contribution is 5.85. The monoisotopic (exact) mass is 386 g/mol. The van der Waals surface area contributed by atoms with E-state index in [2.05, 4.69) is 10.8 Å². The molecule has 1 aromatic carbocycles. The van der Waals surface area contributed by atoms with Gasteiger partial charge in [0.1, 0.15) is 5.82 Å². The first-order chi connectivity index (χ1) is 13.5. The molecule has 1 aliphatic carbocycles. The Balaban J connectivity index is 1.76. The van der Waals surface area contributed by atoms with Gasteiger partial charge in [-0.2, -0.15) is 5.26 Å². The van der Waals surface area contributed by atoms with Crippen molar-refractivity contribution in [2.75, 3.05) is 37.6 Å². The molecule has 0 amide bonds. The van der Waals surface area contributed by atoms with Gasteiger partial charge in [-0.1, -0.05) is 0 Å². The number of carboxylic acid groups (broad SMARTS) is 1. The summed E-state index contributed by atoms with van der Waals surface area (Å²) in [5, 5.41) is 17.8. The van der Waals surface area contributed by atoms with Crippen molar-refractivity contribution in [3.05, 3.63) is 34.4 Å². The summed E-state index contributed by atoms with van der Waals surface area (Å²) in [4.78, 5) is 27.4. The van der Waals surface area contributed by atoms with Crippen LogP contribution in [0.4, 0.5) is 14.9 Å². The van der Waals surface area contributed by atoms with Gasteiger partial charge in [0.05, 0.1) is 35.4 Å². The van der Waals surface area contributed by atoms with Gasteiger partial charge < -0.3 is 19.3 Å². The normalized spacial score (nSPS) is 17.5. The second-order valence-electron chi connectivity index (χ2n) is 7.07. The molecule has 9 heteroatoms. The number of halogens is 1. The number of pyridine rings is 1. The van der Waals surface area contributed by atoms with Crippen LogP contribution in [0.25, 0.3) is 10.9 Å². The third kappa shape index (κ3) is 3.39. The van der Waals surface area contributed by atoms with E-state index >= 15 is 0 Å². The highest BCUT2D eigenvalue weighted by atomic mass is 19.1. The predicted molar refractivity (Wildman–Crippen MR) is 99.4 cm³/mol. The second-order valence-corrected chi connectivity index (χ2v) is 7.07. The van der Waals surface area contributed by atoms with Gasteiger partial charge in [0.2, 0.25) is 5.43 Å². The average molecular weight is 386 g/mol. The van der Waals surface area contributed by atoms with E-state index in [1.165, 1.54) is 12.3 Å². The van der Waals surface area contributed by atoms with Gasteiger partial charge in [0, 0.05) is 32.2 Å². The fourth-order valence-corrected chi connectivity index (χ4v) is 3.64. The van der Waals surface area contributed by atoms with E-state index in [9.17, 15) is 14.0 Å². The van der Waals surface area contributed by atoms with E-state index in [4.69, 9.17) is 10.4 Å². The molecule has 1 saturated heterocycles. The lowest BCUT2D eigenvalue weighted by atomic mass is 10.1. The lowest BCUT2D eigenvalue weighted by molar-refractivity contribution is 0.143. The molecule has 0 atom stereocenters. The number of piperazine rings is 1. The molecule has 4 rings (SSSR count). The van der Waals surface area contributed by atoms with Gasteiger partial charge in [-0.05, 0) is 25.0 Å². The largest absolute Gasteiger partial charge is 0.511 e. The first kappa shape index (κ1) is 18.3. The average Bonchev–Trinajstić information content (AvgIpc) is 3.50. The lowest BCUT2D eigenvalue weighted by Gasteiger charge is -2.35. The number of aromatic nitrogens is 1. The Kier molecular flexibility index (Phi) is 4.65. The smallest absolute Gasteiger partial charge is 0.449 e. The van der Waals surface area contributed by atoms with Crippen molar-refractivity contribution in [2.24, 2.45) is 0 Å². The Morgan fingerprint density at radius 2 is 2.00 bits per heavy atom. The third-order valence-electron chi connectivity index (χ3n) is 5.21. The minimum absolute atomic E-state index is 0.106. The van der Waals surface area contributed by atoms with Crippen molar-refractivity contribution in [2.45, 2.75) is 18.9 Å². The number of anilines is 1. The van der Waals surface area contributed by atoms with Gasteiger partial charge in [0.15, 0.2) is 5.75 Å². The minimum atomic E-state index is -1.58. The summed E-state index contributed by atoms with van der Waals surface area (Å²) in [5.74, 6) is -0.850. The lowest BCUT2D eigenvalue weighted by Crippen LogP contribution is -2.46. The molecule has 28 heavy (non-hydrogen) atoms. The second kappa shape index (κ2) is 7.13.